The van der Waals surface area contributed by atoms with Gasteiger partial charge in [-0.25, -0.2) is 4.79 Å². The molecular formula is C21H21NO6. The summed E-state index contributed by atoms with van der Waals surface area (Å²) in [6.07, 6.45) is 0. The molecule has 1 heterocycles. The van der Waals surface area contributed by atoms with Gasteiger partial charge in [-0.05, 0) is 49.4 Å². The van der Waals surface area contributed by atoms with Crippen molar-refractivity contribution >= 4 is 28.5 Å². The molecule has 0 radical (unpaired) electrons. The Balaban J connectivity index is 1.86. The van der Waals surface area contributed by atoms with Crippen LogP contribution in [0, 0.1) is 0 Å². The van der Waals surface area contributed by atoms with Crippen molar-refractivity contribution in [3.63, 3.8) is 0 Å². The normalized spacial score (nSPS) is 10.5. The van der Waals surface area contributed by atoms with Crippen LogP contribution in [0.25, 0.3) is 11.0 Å². The molecular weight excluding hydrogens is 362 g/mol. The molecule has 0 atom stereocenters. The van der Waals surface area contributed by atoms with E-state index in [1.54, 1.807) is 56.5 Å². The number of anilines is 1. The van der Waals surface area contributed by atoms with Gasteiger partial charge in [0, 0.05) is 18.0 Å². The highest BCUT2D eigenvalue weighted by molar-refractivity contribution is 6.05. The maximum Gasteiger partial charge on any atom is 0.342 e. The lowest BCUT2D eigenvalue weighted by Gasteiger charge is -2.08. The second-order valence-electron chi connectivity index (χ2n) is 5.98. The highest BCUT2D eigenvalue weighted by Crippen LogP contribution is 2.31. The van der Waals surface area contributed by atoms with E-state index in [2.05, 4.69) is 5.32 Å². The topological polar surface area (TPSA) is 87.0 Å². The van der Waals surface area contributed by atoms with Gasteiger partial charge in [0.25, 0.3) is 0 Å². The van der Waals surface area contributed by atoms with Gasteiger partial charge in [0.05, 0.1) is 13.7 Å². The van der Waals surface area contributed by atoms with Gasteiger partial charge in [0.1, 0.15) is 29.3 Å². The summed E-state index contributed by atoms with van der Waals surface area (Å²) in [7, 11) is 1.56. The summed E-state index contributed by atoms with van der Waals surface area (Å²) in [5.41, 5.74) is 1.54. The van der Waals surface area contributed by atoms with Crippen molar-refractivity contribution in [2.75, 3.05) is 19.0 Å². The minimum atomic E-state index is -0.478. The zero-order chi connectivity index (χ0) is 20.1. The molecule has 0 spiro atoms. The number of benzene rings is 2. The fourth-order valence-corrected chi connectivity index (χ4v) is 2.77. The Morgan fingerprint density at radius 2 is 1.79 bits per heavy atom. The summed E-state index contributed by atoms with van der Waals surface area (Å²) in [6, 6.07) is 12.1. The fourth-order valence-electron chi connectivity index (χ4n) is 2.77. The highest BCUT2D eigenvalue weighted by Gasteiger charge is 2.23. The Hall–Kier alpha value is -3.48. The molecule has 1 N–H and O–H groups in total. The van der Waals surface area contributed by atoms with Crippen LogP contribution in [-0.2, 0) is 16.1 Å². The minimum absolute atomic E-state index is 0.0463. The Labute approximate surface area is 162 Å². The Bertz CT molecular complexity index is 990. The molecule has 3 aromatic rings. The summed E-state index contributed by atoms with van der Waals surface area (Å²) in [5, 5.41) is 3.30. The van der Waals surface area contributed by atoms with Gasteiger partial charge in [-0.1, -0.05) is 0 Å². The number of amides is 1. The predicted molar refractivity (Wildman–Crippen MR) is 104 cm³/mol. The summed E-state index contributed by atoms with van der Waals surface area (Å²) in [6.45, 7) is 3.48. The number of fused-ring (bicyclic) bond motifs is 1. The number of ether oxygens (including phenoxy) is 3. The number of hydrogen-bond donors (Lipinski definition) is 1. The molecule has 0 fully saturated rings. The molecule has 0 saturated heterocycles. The molecule has 28 heavy (non-hydrogen) atoms. The lowest BCUT2D eigenvalue weighted by Crippen LogP contribution is -2.08. The van der Waals surface area contributed by atoms with Crippen LogP contribution in [0.2, 0.25) is 0 Å². The van der Waals surface area contributed by atoms with E-state index in [4.69, 9.17) is 18.6 Å². The largest absolute Gasteiger partial charge is 0.497 e. The molecule has 0 bridgehead atoms. The van der Waals surface area contributed by atoms with E-state index in [-0.39, 0.29) is 19.1 Å². The highest BCUT2D eigenvalue weighted by atomic mass is 16.5. The molecule has 3 rings (SSSR count). The number of furan rings is 1. The maximum absolute atomic E-state index is 12.5. The molecule has 2 aromatic carbocycles. The van der Waals surface area contributed by atoms with Crippen LogP contribution in [0.1, 0.15) is 30.0 Å². The Morgan fingerprint density at radius 3 is 2.43 bits per heavy atom. The predicted octanol–water partition coefficient (Wildman–Crippen LogP) is 4.16. The van der Waals surface area contributed by atoms with E-state index in [9.17, 15) is 9.59 Å². The summed E-state index contributed by atoms with van der Waals surface area (Å²) < 4.78 is 22.0. The summed E-state index contributed by atoms with van der Waals surface area (Å²) in [4.78, 5) is 23.6. The second kappa shape index (κ2) is 8.47. The molecule has 0 saturated carbocycles. The fraction of sp³-hybridized carbons (Fsp3) is 0.238. The average molecular weight is 383 g/mol. The van der Waals surface area contributed by atoms with Gasteiger partial charge in [0.15, 0.2) is 5.76 Å². The smallest absolute Gasteiger partial charge is 0.342 e. The average Bonchev–Trinajstić information content (AvgIpc) is 3.04. The lowest BCUT2D eigenvalue weighted by molar-refractivity contribution is -0.114. The molecule has 0 aliphatic rings. The van der Waals surface area contributed by atoms with E-state index in [1.807, 2.05) is 0 Å². The van der Waals surface area contributed by atoms with Crippen molar-refractivity contribution in [2.24, 2.45) is 0 Å². The van der Waals surface area contributed by atoms with Crippen LogP contribution in [0.4, 0.5) is 5.69 Å². The molecule has 7 heteroatoms. The zero-order valence-electron chi connectivity index (χ0n) is 15.9. The third kappa shape index (κ3) is 4.25. The molecule has 0 aliphatic carbocycles. The summed E-state index contributed by atoms with van der Waals surface area (Å²) in [5.74, 6) is 0.925. The number of carbonyl (C=O) groups excluding carboxylic acids is 2. The molecule has 146 valence electrons. The number of nitrogens with one attached hydrogen (secondary N) is 1. The van der Waals surface area contributed by atoms with Crippen LogP contribution in [-0.4, -0.2) is 25.6 Å². The van der Waals surface area contributed by atoms with E-state index >= 15 is 0 Å². The van der Waals surface area contributed by atoms with E-state index in [0.29, 0.717) is 39.5 Å². The molecule has 1 aromatic heterocycles. The SMILES string of the molecule is CCOC(=O)c1c(COc2ccc(NC(C)=O)cc2)oc2ccc(OC)cc12. The first-order chi connectivity index (χ1) is 13.5. The van der Waals surface area contributed by atoms with Gasteiger partial charge in [-0.3, -0.25) is 4.79 Å². The standard InChI is InChI=1S/C21H21NO6/c1-4-26-21(24)20-17-11-16(25-3)9-10-18(17)28-19(20)12-27-15-7-5-14(6-8-15)22-13(2)23/h5-11H,4,12H2,1-3H3,(H,22,23). The third-order valence-corrected chi connectivity index (χ3v) is 3.99. The number of carbonyl (C=O) groups is 2. The van der Waals surface area contributed by atoms with Crippen LogP contribution >= 0.6 is 0 Å². The maximum atomic E-state index is 12.5. The van der Waals surface area contributed by atoms with E-state index in [0.717, 1.165) is 0 Å². The quantitative estimate of drug-likeness (QED) is 0.617. The lowest BCUT2D eigenvalue weighted by atomic mass is 10.1. The van der Waals surface area contributed by atoms with Crippen LogP contribution < -0.4 is 14.8 Å². The Kier molecular flexibility index (Phi) is 5.84. The number of esters is 1. The second-order valence-corrected chi connectivity index (χ2v) is 5.98. The van der Waals surface area contributed by atoms with Crippen molar-refractivity contribution < 1.29 is 28.2 Å². The van der Waals surface area contributed by atoms with Crippen LogP contribution in [0.3, 0.4) is 0 Å². The number of hydrogen-bond acceptors (Lipinski definition) is 6. The Morgan fingerprint density at radius 1 is 1.07 bits per heavy atom. The molecule has 1 amide bonds. The number of rotatable bonds is 7. The van der Waals surface area contributed by atoms with Crippen LogP contribution in [0.15, 0.2) is 46.9 Å². The van der Waals surface area contributed by atoms with Crippen LogP contribution in [0.5, 0.6) is 11.5 Å². The van der Waals surface area contributed by atoms with Gasteiger partial charge < -0.3 is 23.9 Å². The van der Waals surface area contributed by atoms with Gasteiger partial charge in [-0.15, -0.1) is 0 Å². The van der Waals surface area contributed by atoms with Crippen molar-refractivity contribution in [2.45, 2.75) is 20.5 Å². The zero-order valence-corrected chi connectivity index (χ0v) is 15.9. The number of methoxy groups -OCH3 is 1. The van der Waals surface area contributed by atoms with Gasteiger partial charge in [0.2, 0.25) is 5.91 Å². The molecule has 7 nitrogen and oxygen atoms in total. The van der Waals surface area contributed by atoms with Gasteiger partial charge in [-0.2, -0.15) is 0 Å². The van der Waals surface area contributed by atoms with Gasteiger partial charge >= 0.3 is 5.97 Å². The summed E-state index contributed by atoms with van der Waals surface area (Å²) >= 11 is 0. The first kappa shape index (κ1) is 19.3. The van der Waals surface area contributed by atoms with Crippen molar-refractivity contribution in [1.29, 1.82) is 0 Å². The van der Waals surface area contributed by atoms with Crippen molar-refractivity contribution in [1.82, 2.24) is 0 Å². The monoisotopic (exact) mass is 383 g/mol. The first-order valence-corrected chi connectivity index (χ1v) is 8.78. The molecule has 0 unspecified atom stereocenters. The first-order valence-electron chi connectivity index (χ1n) is 8.78. The molecule has 0 aliphatic heterocycles. The minimum Gasteiger partial charge on any atom is -0.497 e. The van der Waals surface area contributed by atoms with E-state index in [1.165, 1.54) is 6.92 Å². The van der Waals surface area contributed by atoms with Crippen molar-refractivity contribution in [3.8, 4) is 11.5 Å². The third-order valence-electron chi connectivity index (χ3n) is 3.99. The van der Waals surface area contributed by atoms with Crippen molar-refractivity contribution in [3.05, 3.63) is 53.8 Å². The van der Waals surface area contributed by atoms with E-state index < -0.39 is 5.97 Å².